The molecule has 3 aromatic rings. The van der Waals surface area contributed by atoms with Crippen molar-refractivity contribution in [3.05, 3.63) is 57.4 Å². The third kappa shape index (κ3) is 4.64. The van der Waals surface area contributed by atoms with Crippen LogP contribution in [0.2, 0.25) is 0 Å². The lowest BCUT2D eigenvalue weighted by molar-refractivity contribution is 0.0929. The number of hydrogen-bond acceptors (Lipinski definition) is 5. The average Bonchev–Trinajstić information content (AvgIpc) is 3.13. The third-order valence-electron chi connectivity index (χ3n) is 4.17. The number of carbonyl (C=O) groups is 1. The molecular weight excluding hydrogens is 471 g/mol. The molecule has 0 bridgehead atoms. The van der Waals surface area contributed by atoms with Gasteiger partial charge >= 0.3 is 5.91 Å². The van der Waals surface area contributed by atoms with Crippen LogP contribution in [0.5, 0.6) is 11.5 Å². The molecule has 28 heavy (non-hydrogen) atoms. The van der Waals surface area contributed by atoms with E-state index in [-0.39, 0.29) is 11.9 Å². The second kappa shape index (κ2) is 9.09. The first-order valence-electron chi connectivity index (χ1n) is 8.88. The summed E-state index contributed by atoms with van der Waals surface area (Å²) in [5.74, 6) is 1.13. The number of methoxy groups -OCH3 is 1. The molecule has 1 aromatic heterocycles. The molecule has 146 valence electrons. The Kier molecular flexibility index (Phi) is 6.56. The zero-order valence-electron chi connectivity index (χ0n) is 15.9. The number of rotatable bonds is 7. The summed E-state index contributed by atoms with van der Waals surface area (Å²) in [6, 6.07) is 12.9. The summed E-state index contributed by atoms with van der Waals surface area (Å²) in [5, 5.41) is 4.90. The topological polar surface area (TPSA) is 73.1 Å². The number of benzene rings is 2. The Hall–Kier alpha value is -2.55. The molecule has 0 saturated heterocycles. The number of hydrazone groups is 1. The minimum absolute atomic E-state index is 0.0880. The lowest BCUT2D eigenvalue weighted by atomic mass is 10.2. The van der Waals surface area contributed by atoms with Crippen molar-refractivity contribution in [1.29, 1.82) is 0 Å². The fraction of sp³-hybridized carbons (Fsp3) is 0.238. The summed E-state index contributed by atoms with van der Waals surface area (Å²) in [6.45, 7) is 4.08. The van der Waals surface area contributed by atoms with E-state index in [4.69, 9.17) is 13.9 Å². The summed E-state index contributed by atoms with van der Waals surface area (Å²) in [6.07, 6.45) is 2.54. The molecular formula is C21H21IN2O4. The van der Waals surface area contributed by atoms with E-state index in [1.54, 1.807) is 19.4 Å². The highest BCUT2D eigenvalue weighted by molar-refractivity contribution is 14.1. The number of halogens is 1. The minimum atomic E-state index is -0.411. The Morgan fingerprint density at radius 2 is 2.11 bits per heavy atom. The number of nitrogens with one attached hydrogen (secondary N) is 1. The van der Waals surface area contributed by atoms with Gasteiger partial charge in [-0.25, -0.2) is 5.43 Å². The van der Waals surface area contributed by atoms with Crippen LogP contribution in [0.3, 0.4) is 0 Å². The number of amides is 1. The molecule has 0 radical (unpaired) electrons. The van der Waals surface area contributed by atoms with Gasteiger partial charge in [0.25, 0.3) is 0 Å². The second-order valence-corrected chi connectivity index (χ2v) is 7.38. The van der Waals surface area contributed by atoms with E-state index >= 15 is 0 Å². The summed E-state index contributed by atoms with van der Waals surface area (Å²) >= 11 is 2.20. The Balaban J connectivity index is 1.72. The molecule has 0 saturated carbocycles. The standard InChI is InChI=1S/C21H21IN2O4/c1-4-13(2)27-20-16(22)9-14(10-18(20)26-3)12-23-24-21(25)19-11-15-7-5-6-8-17(15)28-19/h5-13H,4H2,1-3H3,(H,24,25)/b23-12+/t13-/m0/s1. The van der Waals surface area contributed by atoms with Gasteiger partial charge < -0.3 is 13.9 Å². The summed E-state index contributed by atoms with van der Waals surface area (Å²) in [5.41, 5.74) is 3.92. The number of nitrogens with zero attached hydrogens (tertiary/aromatic N) is 1. The maximum Gasteiger partial charge on any atom is 0.307 e. The zero-order valence-corrected chi connectivity index (χ0v) is 18.0. The van der Waals surface area contributed by atoms with Crippen molar-refractivity contribution in [3.8, 4) is 11.5 Å². The third-order valence-corrected chi connectivity index (χ3v) is 4.98. The van der Waals surface area contributed by atoms with Crippen LogP contribution in [0.4, 0.5) is 0 Å². The smallest absolute Gasteiger partial charge is 0.307 e. The second-order valence-electron chi connectivity index (χ2n) is 6.22. The van der Waals surface area contributed by atoms with Gasteiger partial charge in [-0.1, -0.05) is 25.1 Å². The Bertz CT molecular complexity index is 980. The maximum absolute atomic E-state index is 12.2. The monoisotopic (exact) mass is 492 g/mol. The Morgan fingerprint density at radius 3 is 2.82 bits per heavy atom. The van der Waals surface area contributed by atoms with Gasteiger partial charge in [-0.3, -0.25) is 4.79 Å². The normalized spacial score (nSPS) is 12.3. The average molecular weight is 492 g/mol. The number of fused-ring (bicyclic) bond motifs is 1. The van der Waals surface area contributed by atoms with Crippen molar-refractivity contribution >= 4 is 45.7 Å². The van der Waals surface area contributed by atoms with Crippen LogP contribution >= 0.6 is 22.6 Å². The molecule has 0 aliphatic heterocycles. The number of hydrogen-bond donors (Lipinski definition) is 1. The summed E-state index contributed by atoms with van der Waals surface area (Å²) in [4.78, 5) is 12.2. The van der Waals surface area contributed by atoms with Crippen LogP contribution < -0.4 is 14.9 Å². The van der Waals surface area contributed by atoms with E-state index in [0.29, 0.717) is 17.1 Å². The molecule has 0 aliphatic rings. The molecule has 1 atom stereocenters. The Labute approximate surface area is 177 Å². The van der Waals surface area contributed by atoms with Crippen LogP contribution in [0.1, 0.15) is 36.4 Å². The van der Waals surface area contributed by atoms with Crippen molar-refractivity contribution in [2.75, 3.05) is 7.11 Å². The summed E-state index contributed by atoms with van der Waals surface area (Å²) in [7, 11) is 1.60. The fourth-order valence-corrected chi connectivity index (χ4v) is 3.28. The predicted molar refractivity (Wildman–Crippen MR) is 117 cm³/mol. The molecule has 1 heterocycles. The number of carbonyl (C=O) groups excluding carboxylic acids is 1. The molecule has 1 amide bonds. The van der Waals surface area contributed by atoms with Crippen molar-refractivity contribution in [1.82, 2.24) is 5.43 Å². The number of para-hydroxylation sites is 1. The van der Waals surface area contributed by atoms with Crippen LogP contribution in [-0.2, 0) is 0 Å². The van der Waals surface area contributed by atoms with E-state index in [1.165, 1.54) is 0 Å². The quantitative estimate of drug-likeness (QED) is 0.287. The predicted octanol–water partition coefficient (Wildman–Crippen LogP) is 4.99. The first-order valence-corrected chi connectivity index (χ1v) is 9.95. The molecule has 0 fully saturated rings. The van der Waals surface area contributed by atoms with Gasteiger partial charge in [-0.15, -0.1) is 0 Å². The molecule has 0 aliphatic carbocycles. The van der Waals surface area contributed by atoms with Gasteiger partial charge in [-0.2, -0.15) is 5.10 Å². The number of furan rings is 1. The zero-order chi connectivity index (χ0) is 20.1. The first-order chi connectivity index (χ1) is 13.5. The highest BCUT2D eigenvalue weighted by atomic mass is 127. The van der Waals surface area contributed by atoms with Crippen LogP contribution in [0.15, 0.2) is 52.0 Å². The van der Waals surface area contributed by atoms with E-state index in [9.17, 15) is 4.79 Å². The highest BCUT2D eigenvalue weighted by Gasteiger charge is 2.14. The van der Waals surface area contributed by atoms with Crippen molar-refractivity contribution in [2.24, 2.45) is 5.10 Å². The molecule has 3 rings (SSSR count). The molecule has 0 spiro atoms. The molecule has 6 nitrogen and oxygen atoms in total. The molecule has 1 N–H and O–H groups in total. The lowest BCUT2D eigenvalue weighted by Crippen LogP contribution is -2.16. The van der Waals surface area contributed by atoms with Gasteiger partial charge in [0.2, 0.25) is 0 Å². The fourth-order valence-electron chi connectivity index (χ4n) is 2.53. The lowest BCUT2D eigenvalue weighted by Gasteiger charge is -2.17. The van der Waals surface area contributed by atoms with E-state index in [1.807, 2.05) is 43.3 Å². The van der Waals surface area contributed by atoms with Gasteiger partial charge in [-0.05, 0) is 65.8 Å². The maximum atomic E-state index is 12.2. The highest BCUT2D eigenvalue weighted by Crippen LogP contribution is 2.34. The van der Waals surface area contributed by atoms with Crippen molar-refractivity contribution in [2.45, 2.75) is 26.4 Å². The molecule has 2 aromatic carbocycles. The van der Waals surface area contributed by atoms with E-state index < -0.39 is 5.91 Å². The van der Waals surface area contributed by atoms with Gasteiger partial charge in [0.1, 0.15) is 5.58 Å². The van der Waals surface area contributed by atoms with Gasteiger partial charge in [0, 0.05) is 5.39 Å². The molecule has 7 heteroatoms. The SMILES string of the molecule is CC[C@H](C)Oc1c(I)cc(/C=N/NC(=O)c2cc3ccccc3o2)cc1OC. The van der Waals surface area contributed by atoms with Crippen LogP contribution in [0.25, 0.3) is 11.0 Å². The Morgan fingerprint density at radius 1 is 1.32 bits per heavy atom. The minimum Gasteiger partial charge on any atom is -0.493 e. The van der Waals surface area contributed by atoms with Crippen LogP contribution in [-0.4, -0.2) is 25.3 Å². The van der Waals surface area contributed by atoms with Crippen molar-refractivity contribution < 1.29 is 18.7 Å². The van der Waals surface area contributed by atoms with Gasteiger partial charge in [0.05, 0.1) is 23.0 Å². The largest absolute Gasteiger partial charge is 0.493 e. The van der Waals surface area contributed by atoms with E-state index in [0.717, 1.165) is 20.9 Å². The number of ether oxygens (including phenoxy) is 2. The first kappa shape index (κ1) is 20.2. The summed E-state index contributed by atoms with van der Waals surface area (Å²) < 4.78 is 17.8. The van der Waals surface area contributed by atoms with Crippen LogP contribution in [0, 0.1) is 3.57 Å². The van der Waals surface area contributed by atoms with Crippen molar-refractivity contribution in [3.63, 3.8) is 0 Å². The molecule has 0 unspecified atom stereocenters. The van der Waals surface area contributed by atoms with Gasteiger partial charge in [0.15, 0.2) is 17.3 Å². The van der Waals surface area contributed by atoms with E-state index in [2.05, 4.69) is 40.0 Å².